The van der Waals surface area contributed by atoms with Gasteiger partial charge in [-0.3, -0.25) is 0 Å². The van der Waals surface area contributed by atoms with Gasteiger partial charge in [0.25, 0.3) is 0 Å². The number of rotatable bonds is 7. The van der Waals surface area contributed by atoms with Gasteiger partial charge in [0.05, 0.1) is 0 Å². The summed E-state index contributed by atoms with van der Waals surface area (Å²) in [4.78, 5) is 2.26. The van der Waals surface area contributed by atoms with Gasteiger partial charge in [-0.2, -0.15) is 0 Å². The van der Waals surface area contributed by atoms with Gasteiger partial charge in [-0.1, -0.05) is 18.6 Å². The monoisotopic (exact) mass is 238 g/mol. The Kier molecular flexibility index (Phi) is 6.16. The van der Waals surface area contributed by atoms with Crippen LogP contribution in [0, 0.1) is 5.82 Å². The first-order chi connectivity index (χ1) is 8.08. The number of unbranched alkanes of at least 4 members (excludes halogenated alkanes) is 1. The van der Waals surface area contributed by atoms with Crippen LogP contribution in [0.25, 0.3) is 0 Å². The molecular weight excluding hydrogens is 215 g/mol. The molecule has 0 aliphatic carbocycles. The molecule has 1 aromatic rings. The molecule has 2 N–H and O–H groups in total. The highest BCUT2D eigenvalue weighted by Crippen LogP contribution is 2.07. The zero-order chi connectivity index (χ0) is 12.7. The Bertz CT molecular complexity index is 309. The van der Waals surface area contributed by atoms with E-state index in [-0.39, 0.29) is 5.82 Å². The average molecular weight is 238 g/mol. The number of nitrogens with zero attached hydrogens (tertiary/aromatic N) is 1. The lowest BCUT2D eigenvalue weighted by atomic mass is 10.1. The Morgan fingerprint density at radius 2 is 1.88 bits per heavy atom. The van der Waals surface area contributed by atoms with Crippen LogP contribution in [0.5, 0.6) is 0 Å². The lowest BCUT2D eigenvalue weighted by molar-refractivity contribution is 0.315. The van der Waals surface area contributed by atoms with Crippen LogP contribution in [0.15, 0.2) is 24.3 Å². The predicted molar refractivity (Wildman–Crippen MR) is 70.2 cm³/mol. The van der Waals surface area contributed by atoms with E-state index in [2.05, 4.69) is 11.9 Å². The van der Waals surface area contributed by atoms with Crippen molar-refractivity contribution in [3.05, 3.63) is 35.6 Å². The third-order valence-electron chi connectivity index (χ3n) is 2.82. The van der Waals surface area contributed by atoms with E-state index < -0.39 is 0 Å². The quantitative estimate of drug-likeness (QED) is 0.740. The molecule has 3 heteroatoms. The highest BCUT2D eigenvalue weighted by Gasteiger charge is 2.01. The van der Waals surface area contributed by atoms with Crippen molar-refractivity contribution in [3.63, 3.8) is 0 Å². The van der Waals surface area contributed by atoms with Crippen molar-refractivity contribution in [1.82, 2.24) is 4.90 Å². The van der Waals surface area contributed by atoms with Crippen molar-refractivity contribution in [3.8, 4) is 0 Å². The van der Waals surface area contributed by atoms with Crippen molar-refractivity contribution < 1.29 is 4.39 Å². The molecule has 0 bridgehead atoms. The maximum atomic E-state index is 12.7. The Hall–Kier alpha value is -0.930. The first-order valence-electron chi connectivity index (χ1n) is 6.26. The number of benzene rings is 1. The van der Waals surface area contributed by atoms with Crippen molar-refractivity contribution >= 4 is 0 Å². The van der Waals surface area contributed by atoms with Crippen LogP contribution < -0.4 is 5.73 Å². The summed E-state index contributed by atoms with van der Waals surface area (Å²) >= 11 is 0. The summed E-state index contributed by atoms with van der Waals surface area (Å²) < 4.78 is 12.7. The summed E-state index contributed by atoms with van der Waals surface area (Å²) in [7, 11) is 2.09. The van der Waals surface area contributed by atoms with Crippen molar-refractivity contribution in [2.45, 2.75) is 38.8 Å². The maximum absolute atomic E-state index is 12.7. The highest BCUT2D eigenvalue weighted by molar-refractivity contribution is 5.15. The Balaban J connectivity index is 2.20. The fourth-order valence-corrected chi connectivity index (χ4v) is 1.83. The average Bonchev–Trinajstić information content (AvgIpc) is 2.27. The van der Waals surface area contributed by atoms with Gasteiger partial charge < -0.3 is 10.6 Å². The van der Waals surface area contributed by atoms with Crippen LogP contribution >= 0.6 is 0 Å². The lowest BCUT2D eigenvalue weighted by Crippen LogP contribution is -2.20. The maximum Gasteiger partial charge on any atom is 0.123 e. The van der Waals surface area contributed by atoms with Gasteiger partial charge in [0.2, 0.25) is 0 Å². The molecule has 0 saturated heterocycles. The third-order valence-corrected chi connectivity index (χ3v) is 2.82. The predicted octanol–water partition coefficient (Wildman–Crippen LogP) is 2.78. The van der Waals surface area contributed by atoms with E-state index in [1.807, 2.05) is 19.1 Å². The zero-order valence-corrected chi connectivity index (χ0v) is 10.8. The van der Waals surface area contributed by atoms with Crippen LogP contribution in [0.3, 0.4) is 0 Å². The third kappa shape index (κ3) is 6.39. The second-order valence-electron chi connectivity index (χ2n) is 4.84. The van der Waals surface area contributed by atoms with Gasteiger partial charge in [-0.05, 0) is 51.1 Å². The minimum Gasteiger partial charge on any atom is -0.328 e. The summed E-state index contributed by atoms with van der Waals surface area (Å²) in [6.45, 7) is 3.98. The summed E-state index contributed by atoms with van der Waals surface area (Å²) in [6, 6.07) is 7.01. The van der Waals surface area contributed by atoms with E-state index in [1.54, 1.807) is 0 Å². The summed E-state index contributed by atoms with van der Waals surface area (Å²) in [6.07, 6.45) is 3.43. The first kappa shape index (κ1) is 14.1. The van der Waals surface area contributed by atoms with Crippen LogP contribution in [0.2, 0.25) is 0 Å². The second-order valence-corrected chi connectivity index (χ2v) is 4.84. The molecule has 17 heavy (non-hydrogen) atoms. The van der Waals surface area contributed by atoms with E-state index in [9.17, 15) is 4.39 Å². The van der Waals surface area contributed by atoms with Gasteiger partial charge >= 0.3 is 0 Å². The van der Waals surface area contributed by atoms with Crippen LogP contribution in [-0.4, -0.2) is 24.5 Å². The fourth-order valence-electron chi connectivity index (χ4n) is 1.83. The molecule has 1 aromatic carbocycles. The normalized spacial score (nSPS) is 13.0. The number of halogens is 1. The van der Waals surface area contributed by atoms with Crippen molar-refractivity contribution in [1.29, 1.82) is 0 Å². The molecule has 1 rings (SSSR count). The summed E-state index contributed by atoms with van der Waals surface area (Å²) in [5.74, 6) is -0.173. The molecule has 0 aliphatic heterocycles. The highest BCUT2D eigenvalue weighted by atomic mass is 19.1. The molecule has 0 spiro atoms. The minimum absolute atomic E-state index is 0.173. The van der Waals surface area contributed by atoms with Crippen LogP contribution in [0.1, 0.15) is 31.7 Å². The molecule has 1 atom stereocenters. The SMILES string of the molecule is CC(N)CCCCN(C)Cc1ccc(F)cc1. The molecule has 0 saturated carbocycles. The van der Waals surface area contributed by atoms with Crippen LogP contribution in [0.4, 0.5) is 4.39 Å². The molecule has 0 aliphatic rings. The largest absolute Gasteiger partial charge is 0.328 e. The van der Waals surface area contributed by atoms with Gasteiger partial charge in [0.1, 0.15) is 5.82 Å². The number of hydrogen-bond acceptors (Lipinski definition) is 2. The smallest absolute Gasteiger partial charge is 0.123 e. The first-order valence-corrected chi connectivity index (χ1v) is 6.26. The molecule has 1 unspecified atom stereocenters. The second kappa shape index (κ2) is 7.41. The van der Waals surface area contributed by atoms with E-state index in [0.717, 1.165) is 25.1 Å². The molecule has 0 radical (unpaired) electrons. The Morgan fingerprint density at radius 1 is 1.24 bits per heavy atom. The molecule has 2 nitrogen and oxygen atoms in total. The molecule has 0 fully saturated rings. The molecule has 0 aromatic heterocycles. The van der Waals surface area contributed by atoms with Gasteiger partial charge in [-0.15, -0.1) is 0 Å². The van der Waals surface area contributed by atoms with Crippen LogP contribution in [-0.2, 0) is 6.54 Å². The molecular formula is C14H23FN2. The molecule has 96 valence electrons. The van der Waals surface area contributed by atoms with Gasteiger partial charge in [0.15, 0.2) is 0 Å². The summed E-state index contributed by atoms with van der Waals surface area (Å²) in [5.41, 5.74) is 6.85. The van der Waals surface area contributed by atoms with Crippen molar-refractivity contribution in [2.75, 3.05) is 13.6 Å². The number of hydrogen-bond donors (Lipinski definition) is 1. The zero-order valence-electron chi connectivity index (χ0n) is 10.8. The van der Waals surface area contributed by atoms with E-state index in [1.165, 1.54) is 25.0 Å². The lowest BCUT2D eigenvalue weighted by Gasteiger charge is -2.16. The van der Waals surface area contributed by atoms with E-state index in [4.69, 9.17) is 5.73 Å². The van der Waals surface area contributed by atoms with Gasteiger partial charge in [-0.25, -0.2) is 4.39 Å². The Morgan fingerprint density at radius 3 is 2.47 bits per heavy atom. The molecule has 0 amide bonds. The Labute approximate surface area is 104 Å². The van der Waals surface area contributed by atoms with E-state index >= 15 is 0 Å². The standard InChI is InChI=1S/C14H23FN2/c1-12(16)5-3-4-10-17(2)11-13-6-8-14(15)9-7-13/h6-9,12H,3-5,10-11,16H2,1-2H3. The minimum atomic E-state index is -0.173. The number of nitrogens with two attached hydrogens (primary N) is 1. The molecule has 0 heterocycles. The van der Waals surface area contributed by atoms with Gasteiger partial charge in [0, 0.05) is 12.6 Å². The topological polar surface area (TPSA) is 29.3 Å². The summed E-state index contributed by atoms with van der Waals surface area (Å²) in [5, 5.41) is 0. The van der Waals surface area contributed by atoms with Crippen molar-refractivity contribution in [2.24, 2.45) is 5.73 Å². The van der Waals surface area contributed by atoms with E-state index in [0.29, 0.717) is 6.04 Å². The fraction of sp³-hybridized carbons (Fsp3) is 0.571.